The van der Waals surface area contributed by atoms with Gasteiger partial charge in [-0.25, -0.2) is 18.6 Å². The van der Waals surface area contributed by atoms with Crippen LogP contribution in [0.25, 0.3) is 27.0 Å². The summed E-state index contributed by atoms with van der Waals surface area (Å²) in [7, 11) is -4.94. The summed E-state index contributed by atoms with van der Waals surface area (Å²) in [6.45, 7) is 0. The fourth-order valence-electron chi connectivity index (χ4n) is 2.44. The van der Waals surface area contributed by atoms with Crippen LogP contribution in [-0.4, -0.2) is 0 Å². The Kier molecular flexibility index (Phi) is 3.33. The third kappa shape index (κ3) is 2.70. The summed E-state index contributed by atoms with van der Waals surface area (Å²) in [6, 6.07) is 12.8. The lowest BCUT2D eigenvalue weighted by molar-refractivity contribution is -2.00. The van der Waals surface area contributed by atoms with Gasteiger partial charge in [0, 0.05) is 6.07 Å². The molecular weight excluding hydrogens is 316 g/mol. The summed E-state index contributed by atoms with van der Waals surface area (Å²) in [6.07, 6.45) is 2.01. The Labute approximate surface area is 125 Å². The van der Waals surface area contributed by atoms with E-state index in [9.17, 15) is 0 Å². The van der Waals surface area contributed by atoms with Crippen molar-refractivity contribution in [1.29, 1.82) is 0 Å². The number of thiazole rings is 1. The highest BCUT2D eigenvalue weighted by Gasteiger charge is 2.31. The zero-order chi connectivity index (χ0) is 15.2. The fraction of sp³-hybridized carbons (Fsp3) is 0. The third-order valence-corrected chi connectivity index (χ3v) is 4.01. The number of hydrogen-bond donors (Lipinski definition) is 1. The molecule has 0 bridgehead atoms. The van der Waals surface area contributed by atoms with Crippen LogP contribution < -0.4 is 28.9 Å². The van der Waals surface area contributed by atoms with E-state index in [1.807, 2.05) is 6.20 Å². The maximum atomic E-state index is 8.49. The first-order valence-electron chi connectivity index (χ1n) is 5.80. The van der Waals surface area contributed by atoms with Gasteiger partial charge in [-0.1, -0.05) is 24.3 Å². The van der Waals surface area contributed by atoms with Gasteiger partial charge in [0.05, 0.1) is 10.9 Å². The highest BCUT2D eigenvalue weighted by molar-refractivity contribution is 7.18. The van der Waals surface area contributed by atoms with Gasteiger partial charge in [-0.15, -0.1) is 14.8 Å². The molecule has 0 saturated carbocycles. The molecule has 0 amide bonds. The van der Waals surface area contributed by atoms with Crippen LogP contribution in [0.1, 0.15) is 0 Å². The van der Waals surface area contributed by atoms with E-state index >= 15 is 0 Å². The minimum absolute atomic E-state index is 0.863. The molecule has 0 unspecified atom stereocenters. The molecule has 0 fully saturated rings. The highest BCUT2D eigenvalue weighted by atomic mass is 35.7. The average molecular weight is 325 g/mol. The predicted octanol–water partition coefficient (Wildman–Crippen LogP) is -2.02. The summed E-state index contributed by atoms with van der Waals surface area (Å²) >= 11 is 1.65. The zero-order valence-electron chi connectivity index (χ0n) is 10.5. The van der Waals surface area contributed by atoms with Crippen molar-refractivity contribution in [2.75, 3.05) is 5.73 Å². The second-order valence-electron chi connectivity index (χ2n) is 4.37. The Bertz CT molecular complexity index is 766. The van der Waals surface area contributed by atoms with E-state index < -0.39 is 10.2 Å². The number of fused-ring (bicyclic) bond motifs is 3. The van der Waals surface area contributed by atoms with E-state index in [0.29, 0.717) is 0 Å². The van der Waals surface area contributed by atoms with Crippen molar-refractivity contribution in [3.63, 3.8) is 0 Å². The summed E-state index contributed by atoms with van der Waals surface area (Å²) in [5.74, 6) is 0. The highest BCUT2D eigenvalue weighted by Crippen LogP contribution is 2.39. The quantitative estimate of drug-likeness (QED) is 0.374. The van der Waals surface area contributed by atoms with Crippen molar-refractivity contribution < 1.29 is 33.4 Å². The first-order chi connectivity index (χ1) is 9.84. The molecule has 1 aromatic heterocycles. The molecule has 4 rings (SSSR count). The van der Waals surface area contributed by atoms with Crippen LogP contribution in [0.5, 0.6) is 0 Å². The smallest absolute Gasteiger partial charge is 0.277 e. The van der Waals surface area contributed by atoms with E-state index in [2.05, 4.69) is 41.0 Å². The van der Waals surface area contributed by atoms with E-state index in [1.165, 1.54) is 27.0 Å². The van der Waals surface area contributed by atoms with E-state index in [1.54, 1.807) is 11.3 Å². The lowest BCUT2D eigenvalue weighted by Crippen LogP contribution is -2.68. The normalized spacial score (nSPS) is 12.0. The number of halogens is 1. The SMILES string of the molecule is Nc1c[n+]2c(s1)-c1cccc3cccc-2c13.[O-][Cl+3]([O-])([O-])[O-]. The fourth-order valence-corrected chi connectivity index (χ4v) is 3.35. The Morgan fingerprint density at radius 2 is 1.62 bits per heavy atom. The van der Waals surface area contributed by atoms with Crippen LogP contribution in [-0.2, 0) is 0 Å². The van der Waals surface area contributed by atoms with Crippen LogP contribution in [0.4, 0.5) is 5.00 Å². The molecule has 2 N–H and O–H groups in total. The number of hydrogen-bond acceptors (Lipinski definition) is 6. The van der Waals surface area contributed by atoms with Gasteiger partial charge < -0.3 is 5.73 Å². The summed E-state index contributed by atoms with van der Waals surface area (Å²) in [5, 5.41) is 4.74. The van der Waals surface area contributed by atoms with Gasteiger partial charge >= 0.3 is 0 Å². The molecule has 21 heavy (non-hydrogen) atoms. The van der Waals surface area contributed by atoms with Crippen LogP contribution in [0.15, 0.2) is 42.6 Å². The Hall–Kier alpha value is -1.74. The molecule has 1 aliphatic rings. The van der Waals surface area contributed by atoms with Crippen molar-refractivity contribution >= 4 is 27.1 Å². The van der Waals surface area contributed by atoms with Crippen molar-refractivity contribution in [2.24, 2.45) is 0 Å². The molecule has 2 heterocycles. The van der Waals surface area contributed by atoms with Crippen LogP contribution in [0.2, 0.25) is 0 Å². The lowest BCUT2D eigenvalue weighted by atomic mass is 10.1. The zero-order valence-corrected chi connectivity index (χ0v) is 12.1. The largest absolute Gasteiger partial charge is 0.385 e. The molecule has 6 nitrogen and oxygen atoms in total. The molecule has 1 aliphatic heterocycles. The molecule has 0 spiro atoms. The molecule has 0 aliphatic carbocycles. The van der Waals surface area contributed by atoms with Gasteiger partial charge in [0.25, 0.3) is 5.01 Å². The maximum Gasteiger partial charge on any atom is 0.277 e. The maximum absolute atomic E-state index is 8.49. The predicted molar refractivity (Wildman–Crippen MR) is 66.8 cm³/mol. The standard InChI is InChI=1S/C13H9N2S.ClHO4/c14-11-7-15-10-6-2-4-8-3-1-5-9(12(8)10)13(15)16-11;2-1(3,4)5/h1-7H,14H2;(H,2,3,4,5)/q+1;/p-1. The Morgan fingerprint density at radius 3 is 2.29 bits per heavy atom. The van der Waals surface area contributed by atoms with Crippen LogP contribution >= 0.6 is 11.3 Å². The van der Waals surface area contributed by atoms with Gasteiger partial charge in [-0.05, 0) is 22.8 Å². The molecule has 108 valence electrons. The summed E-state index contributed by atoms with van der Waals surface area (Å²) in [5.41, 5.74) is 8.42. The van der Waals surface area contributed by atoms with Crippen molar-refractivity contribution in [2.45, 2.75) is 0 Å². The molecule has 0 atom stereocenters. The Morgan fingerprint density at radius 1 is 1.00 bits per heavy atom. The number of nitrogens with zero attached hydrogens (tertiary/aromatic N) is 1. The number of anilines is 1. The van der Waals surface area contributed by atoms with Gasteiger partial charge in [0.15, 0.2) is 5.00 Å². The van der Waals surface area contributed by atoms with E-state index in [0.717, 1.165) is 5.00 Å². The molecular formula is C13H9ClN2O4S. The molecule has 3 aromatic rings. The number of nitrogen functional groups attached to an aromatic ring is 1. The topological polar surface area (TPSA) is 122 Å². The Balaban J connectivity index is 0.000000233. The first kappa shape index (κ1) is 14.2. The van der Waals surface area contributed by atoms with Gasteiger partial charge in [0.1, 0.15) is 0 Å². The molecule has 2 aromatic carbocycles. The number of nitrogens with two attached hydrogens (primary N) is 1. The summed E-state index contributed by atoms with van der Waals surface area (Å²) < 4.78 is 36.2. The minimum Gasteiger partial charge on any atom is -0.385 e. The lowest BCUT2D eigenvalue weighted by Gasteiger charge is -2.17. The van der Waals surface area contributed by atoms with Gasteiger partial charge in [0.2, 0.25) is 11.9 Å². The number of aromatic nitrogens is 1. The average Bonchev–Trinajstić information content (AvgIpc) is 2.88. The van der Waals surface area contributed by atoms with E-state index in [4.69, 9.17) is 24.4 Å². The molecule has 8 heteroatoms. The summed E-state index contributed by atoms with van der Waals surface area (Å²) in [4.78, 5) is 0. The third-order valence-electron chi connectivity index (χ3n) is 3.06. The molecule has 0 saturated heterocycles. The molecule has 0 radical (unpaired) electrons. The van der Waals surface area contributed by atoms with Crippen molar-refractivity contribution in [1.82, 2.24) is 0 Å². The van der Waals surface area contributed by atoms with Crippen LogP contribution in [0.3, 0.4) is 0 Å². The van der Waals surface area contributed by atoms with Gasteiger partial charge in [-0.3, -0.25) is 0 Å². The minimum atomic E-state index is -4.94. The van der Waals surface area contributed by atoms with E-state index in [-0.39, 0.29) is 0 Å². The van der Waals surface area contributed by atoms with Gasteiger partial charge in [-0.2, -0.15) is 0 Å². The van der Waals surface area contributed by atoms with Crippen LogP contribution in [0, 0.1) is 10.2 Å². The number of rotatable bonds is 0. The second kappa shape index (κ2) is 4.92. The number of benzene rings is 2. The first-order valence-corrected chi connectivity index (χ1v) is 7.85. The van der Waals surface area contributed by atoms with Crippen molar-refractivity contribution in [3.05, 3.63) is 42.6 Å². The van der Waals surface area contributed by atoms with Crippen molar-refractivity contribution in [3.8, 4) is 16.3 Å². The monoisotopic (exact) mass is 324 g/mol. The second-order valence-corrected chi connectivity index (χ2v) is 6.19.